The maximum atomic E-state index is 12.9. The van der Waals surface area contributed by atoms with Crippen molar-refractivity contribution in [3.63, 3.8) is 0 Å². The standard InChI is InChI=1S/C21H25N7O3/c1-14(2)31-17-11-18-26(3)21(30)16(9-10-28(18)24-17)23-20(29)19-22-13-27(25-19)12-15-7-5-4-6-8-15/h4-8,11,13-14,16H,9-10,12H2,1-3H3,(H,23,29). The number of hydrogen-bond acceptors (Lipinski definition) is 6. The predicted octanol–water partition coefficient (Wildman–Crippen LogP) is 1.48. The Morgan fingerprint density at radius 1 is 1.26 bits per heavy atom. The number of nitrogens with zero attached hydrogens (tertiary/aromatic N) is 6. The average Bonchev–Trinajstić information content (AvgIpc) is 3.35. The van der Waals surface area contributed by atoms with Crippen LogP contribution in [0.1, 0.15) is 36.5 Å². The second-order valence-corrected chi connectivity index (χ2v) is 7.69. The first-order valence-electron chi connectivity index (χ1n) is 10.2. The summed E-state index contributed by atoms with van der Waals surface area (Å²) in [6.07, 6.45) is 1.89. The Kier molecular flexibility index (Phi) is 5.70. The fraction of sp³-hybridized carbons (Fsp3) is 0.381. The number of ether oxygens (including phenoxy) is 1. The quantitative estimate of drug-likeness (QED) is 0.644. The van der Waals surface area contributed by atoms with Crippen LogP contribution in [0.3, 0.4) is 0 Å². The number of carbonyl (C=O) groups excluding carboxylic acids is 2. The maximum Gasteiger partial charge on any atom is 0.291 e. The molecule has 2 amide bonds. The molecule has 1 unspecified atom stereocenters. The molecule has 0 bridgehead atoms. The highest BCUT2D eigenvalue weighted by atomic mass is 16.5. The fourth-order valence-electron chi connectivity index (χ4n) is 3.44. The maximum absolute atomic E-state index is 12.9. The predicted molar refractivity (Wildman–Crippen MR) is 113 cm³/mol. The molecule has 0 spiro atoms. The van der Waals surface area contributed by atoms with E-state index in [-0.39, 0.29) is 17.8 Å². The molecule has 10 heteroatoms. The van der Waals surface area contributed by atoms with E-state index in [1.807, 2.05) is 44.2 Å². The van der Waals surface area contributed by atoms with Gasteiger partial charge in [-0.3, -0.25) is 14.5 Å². The first-order chi connectivity index (χ1) is 14.9. The number of carbonyl (C=O) groups is 2. The number of amides is 2. The topological polar surface area (TPSA) is 107 Å². The van der Waals surface area contributed by atoms with Gasteiger partial charge < -0.3 is 10.1 Å². The minimum absolute atomic E-state index is 0.0126. The van der Waals surface area contributed by atoms with Gasteiger partial charge in [-0.25, -0.2) is 14.3 Å². The van der Waals surface area contributed by atoms with Crippen LogP contribution < -0.4 is 15.0 Å². The van der Waals surface area contributed by atoms with Crippen LogP contribution in [-0.4, -0.2) is 55.6 Å². The summed E-state index contributed by atoms with van der Waals surface area (Å²) in [4.78, 5) is 31.2. The lowest BCUT2D eigenvalue weighted by Gasteiger charge is -2.19. The van der Waals surface area contributed by atoms with Crippen molar-refractivity contribution in [1.29, 1.82) is 0 Å². The molecule has 0 fully saturated rings. The number of benzene rings is 1. The number of aryl methyl sites for hydroxylation is 1. The lowest BCUT2D eigenvalue weighted by atomic mass is 10.2. The van der Waals surface area contributed by atoms with Crippen LogP contribution in [0.2, 0.25) is 0 Å². The molecular weight excluding hydrogens is 398 g/mol. The first kappa shape index (κ1) is 20.6. The van der Waals surface area contributed by atoms with Crippen molar-refractivity contribution in [3.8, 4) is 5.88 Å². The van der Waals surface area contributed by atoms with E-state index in [1.54, 1.807) is 22.5 Å². The summed E-state index contributed by atoms with van der Waals surface area (Å²) >= 11 is 0. The summed E-state index contributed by atoms with van der Waals surface area (Å²) in [5.74, 6) is 0.415. The molecule has 0 aliphatic carbocycles. The third-order valence-corrected chi connectivity index (χ3v) is 4.93. The van der Waals surface area contributed by atoms with Gasteiger partial charge in [-0.15, -0.1) is 10.2 Å². The Morgan fingerprint density at radius 2 is 2.03 bits per heavy atom. The van der Waals surface area contributed by atoms with Gasteiger partial charge in [0.1, 0.15) is 18.2 Å². The van der Waals surface area contributed by atoms with Gasteiger partial charge in [0, 0.05) is 19.7 Å². The van der Waals surface area contributed by atoms with E-state index >= 15 is 0 Å². The molecule has 1 N–H and O–H groups in total. The number of anilines is 1. The lowest BCUT2D eigenvalue weighted by Crippen LogP contribution is -2.47. The molecule has 3 aromatic rings. The van der Waals surface area contributed by atoms with Crippen LogP contribution in [-0.2, 0) is 17.9 Å². The molecule has 0 saturated heterocycles. The van der Waals surface area contributed by atoms with Crippen molar-refractivity contribution < 1.29 is 14.3 Å². The van der Waals surface area contributed by atoms with E-state index in [2.05, 4.69) is 20.5 Å². The number of rotatable bonds is 6. The average molecular weight is 423 g/mol. The number of fused-ring (bicyclic) bond motifs is 1. The van der Waals surface area contributed by atoms with E-state index in [1.165, 1.54) is 11.2 Å². The third kappa shape index (κ3) is 4.57. The molecule has 10 nitrogen and oxygen atoms in total. The molecule has 1 aromatic carbocycles. The zero-order chi connectivity index (χ0) is 22.0. The SMILES string of the molecule is CC(C)Oc1cc2n(n1)CCC(NC(=O)c1ncn(Cc3ccccc3)n1)C(=O)N2C. The Hall–Kier alpha value is -3.69. The molecule has 31 heavy (non-hydrogen) atoms. The second kappa shape index (κ2) is 8.58. The van der Waals surface area contributed by atoms with Crippen LogP contribution >= 0.6 is 0 Å². The highest BCUT2D eigenvalue weighted by Gasteiger charge is 2.31. The molecule has 1 aliphatic rings. The number of hydrogen-bond donors (Lipinski definition) is 1. The van der Waals surface area contributed by atoms with E-state index in [0.29, 0.717) is 31.2 Å². The molecule has 162 valence electrons. The van der Waals surface area contributed by atoms with Crippen molar-refractivity contribution in [2.45, 2.75) is 45.5 Å². The smallest absolute Gasteiger partial charge is 0.291 e. The fourth-order valence-corrected chi connectivity index (χ4v) is 3.44. The number of nitrogens with one attached hydrogen (secondary N) is 1. The van der Waals surface area contributed by atoms with Crippen LogP contribution in [0, 0.1) is 0 Å². The zero-order valence-corrected chi connectivity index (χ0v) is 17.7. The summed E-state index contributed by atoms with van der Waals surface area (Å²) in [6.45, 7) is 4.81. The van der Waals surface area contributed by atoms with Crippen molar-refractivity contribution >= 4 is 17.6 Å². The highest BCUT2D eigenvalue weighted by molar-refractivity contribution is 6.00. The molecule has 0 radical (unpaired) electrons. The second-order valence-electron chi connectivity index (χ2n) is 7.69. The minimum Gasteiger partial charge on any atom is -0.474 e. The van der Waals surface area contributed by atoms with Crippen molar-refractivity contribution in [2.75, 3.05) is 11.9 Å². The van der Waals surface area contributed by atoms with E-state index < -0.39 is 11.9 Å². The zero-order valence-electron chi connectivity index (χ0n) is 17.7. The van der Waals surface area contributed by atoms with Gasteiger partial charge >= 0.3 is 0 Å². The van der Waals surface area contributed by atoms with Gasteiger partial charge in [-0.1, -0.05) is 30.3 Å². The minimum atomic E-state index is -0.699. The van der Waals surface area contributed by atoms with Crippen molar-refractivity contribution in [2.24, 2.45) is 0 Å². The highest BCUT2D eigenvalue weighted by Crippen LogP contribution is 2.25. The van der Waals surface area contributed by atoms with Crippen molar-refractivity contribution in [3.05, 3.63) is 54.1 Å². The molecule has 1 aliphatic heterocycles. The van der Waals surface area contributed by atoms with E-state index in [9.17, 15) is 9.59 Å². The van der Waals surface area contributed by atoms with Crippen LogP contribution in [0.25, 0.3) is 0 Å². The van der Waals surface area contributed by atoms with Gasteiger partial charge in [0.15, 0.2) is 0 Å². The summed E-state index contributed by atoms with van der Waals surface area (Å²) in [5.41, 5.74) is 1.05. The summed E-state index contributed by atoms with van der Waals surface area (Å²) in [5, 5.41) is 11.4. The van der Waals surface area contributed by atoms with Gasteiger partial charge in [-0.2, -0.15) is 0 Å². The van der Waals surface area contributed by atoms with E-state index in [0.717, 1.165) is 5.56 Å². The van der Waals surface area contributed by atoms with Gasteiger partial charge in [0.2, 0.25) is 11.7 Å². The van der Waals surface area contributed by atoms with Crippen molar-refractivity contribution in [1.82, 2.24) is 29.9 Å². The molecule has 4 rings (SSSR count). The molecule has 1 atom stereocenters. The normalized spacial score (nSPS) is 16.2. The van der Waals surface area contributed by atoms with Gasteiger partial charge in [0.25, 0.3) is 11.8 Å². The lowest BCUT2D eigenvalue weighted by molar-refractivity contribution is -0.120. The summed E-state index contributed by atoms with van der Waals surface area (Å²) < 4.78 is 8.94. The largest absolute Gasteiger partial charge is 0.474 e. The first-order valence-corrected chi connectivity index (χ1v) is 10.2. The molecule has 3 heterocycles. The van der Waals surface area contributed by atoms with Gasteiger partial charge in [-0.05, 0) is 25.8 Å². The Balaban J connectivity index is 1.42. The van der Waals surface area contributed by atoms with Crippen LogP contribution in [0.15, 0.2) is 42.7 Å². The molecule has 0 saturated carbocycles. The summed E-state index contributed by atoms with van der Waals surface area (Å²) in [7, 11) is 1.66. The van der Waals surface area contributed by atoms with Crippen LogP contribution in [0.5, 0.6) is 5.88 Å². The monoisotopic (exact) mass is 423 g/mol. The van der Waals surface area contributed by atoms with Crippen LogP contribution in [0.4, 0.5) is 5.82 Å². The molecule has 2 aromatic heterocycles. The Morgan fingerprint density at radius 3 is 2.77 bits per heavy atom. The van der Waals surface area contributed by atoms with E-state index in [4.69, 9.17) is 4.74 Å². The Bertz CT molecular complexity index is 1070. The number of aromatic nitrogens is 5. The van der Waals surface area contributed by atoms with Gasteiger partial charge in [0.05, 0.1) is 12.6 Å². The summed E-state index contributed by atoms with van der Waals surface area (Å²) in [6, 6.07) is 10.8. The molecular formula is C21H25N7O3. The third-order valence-electron chi connectivity index (χ3n) is 4.93. The Labute approximate surface area is 179 Å². The number of likely N-dealkylation sites (N-methyl/N-ethyl adjacent to an activating group) is 1.